The molecule has 3 nitrogen and oxygen atoms in total. The van der Waals surface area contributed by atoms with Gasteiger partial charge in [-0.15, -0.1) is 0 Å². The molecule has 0 unspecified atom stereocenters. The zero-order valence-corrected chi connectivity index (χ0v) is 8.66. The largest absolute Gasteiger partial charge is 0.478 e. The first-order valence-corrected chi connectivity index (χ1v) is 4.95. The van der Waals surface area contributed by atoms with Crippen molar-refractivity contribution in [3.8, 4) is 6.07 Å². The summed E-state index contributed by atoms with van der Waals surface area (Å²) in [6, 6.07) is 6.78. The van der Waals surface area contributed by atoms with E-state index < -0.39 is 5.97 Å². The molecule has 1 rings (SSSR count). The molecular weight excluding hydrogens is 190 g/mol. The maximum absolute atomic E-state index is 10.9. The molecule has 0 aliphatic rings. The minimum atomic E-state index is -0.960. The van der Waals surface area contributed by atoms with E-state index >= 15 is 0 Å². The minimum absolute atomic E-state index is 0.252. The fourth-order valence-corrected chi connectivity index (χ4v) is 1.43. The van der Waals surface area contributed by atoms with E-state index in [1.165, 1.54) is 6.07 Å². The highest BCUT2D eigenvalue weighted by atomic mass is 16.4. The van der Waals surface area contributed by atoms with E-state index in [1.54, 1.807) is 12.1 Å². The van der Waals surface area contributed by atoms with E-state index in [2.05, 4.69) is 6.92 Å². The molecule has 0 saturated carbocycles. The van der Waals surface area contributed by atoms with Crippen molar-refractivity contribution in [2.24, 2.45) is 0 Å². The molecule has 1 aromatic carbocycles. The van der Waals surface area contributed by atoms with Crippen molar-refractivity contribution in [1.29, 1.82) is 5.26 Å². The Hall–Kier alpha value is -1.82. The van der Waals surface area contributed by atoms with Crippen molar-refractivity contribution >= 4 is 5.97 Å². The first-order chi connectivity index (χ1) is 7.19. The van der Waals surface area contributed by atoms with Gasteiger partial charge in [0.15, 0.2) is 0 Å². The number of carboxylic acids is 1. The Morgan fingerprint density at radius 2 is 2.27 bits per heavy atom. The summed E-state index contributed by atoms with van der Waals surface area (Å²) in [7, 11) is 0. The quantitative estimate of drug-likeness (QED) is 0.818. The van der Waals surface area contributed by atoms with Crippen molar-refractivity contribution in [1.82, 2.24) is 0 Å². The van der Waals surface area contributed by atoms with Gasteiger partial charge < -0.3 is 5.11 Å². The maximum Gasteiger partial charge on any atom is 0.336 e. The number of aryl methyl sites for hydroxylation is 1. The van der Waals surface area contributed by atoms with E-state index in [0.717, 1.165) is 24.8 Å². The van der Waals surface area contributed by atoms with Crippen LogP contribution in [0.2, 0.25) is 0 Å². The molecule has 0 aliphatic carbocycles. The standard InChI is InChI=1S/C12H13NO2/c1-2-3-4-10-6-5-9(8-13)7-11(10)12(14)15/h5-7H,2-4H2,1H3,(H,14,15). The predicted octanol–water partition coefficient (Wildman–Crippen LogP) is 2.60. The van der Waals surface area contributed by atoms with Gasteiger partial charge in [0.2, 0.25) is 0 Å². The van der Waals surface area contributed by atoms with Gasteiger partial charge >= 0.3 is 5.97 Å². The number of carbonyl (C=O) groups is 1. The van der Waals surface area contributed by atoms with Crippen LogP contribution in [-0.4, -0.2) is 11.1 Å². The monoisotopic (exact) mass is 203 g/mol. The molecule has 15 heavy (non-hydrogen) atoms. The third kappa shape index (κ3) is 2.81. The van der Waals surface area contributed by atoms with Crippen LogP contribution in [0, 0.1) is 11.3 Å². The van der Waals surface area contributed by atoms with Gasteiger partial charge in [-0.25, -0.2) is 4.79 Å². The van der Waals surface area contributed by atoms with Crippen LogP contribution >= 0.6 is 0 Å². The lowest BCUT2D eigenvalue weighted by Gasteiger charge is -2.05. The number of nitrogens with zero attached hydrogens (tertiary/aromatic N) is 1. The average Bonchev–Trinajstić information content (AvgIpc) is 2.26. The lowest BCUT2D eigenvalue weighted by Crippen LogP contribution is -2.03. The van der Waals surface area contributed by atoms with Crippen LogP contribution in [0.5, 0.6) is 0 Å². The topological polar surface area (TPSA) is 61.1 Å². The van der Waals surface area contributed by atoms with Crippen LogP contribution in [0.3, 0.4) is 0 Å². The van der Waals surface area contributed by atoms with Crippen molar-refractivity contribution < 1.29 is 9.90 Å². The Balaban J connectivity index is 3.05. The second kappa shape index (κ2) is 5.16. The van der Waals surface area contributed by atoms with Crippen LogP contribution < -0.4 is 0 Å². The zero-order valence-electron chi connectivity index (χ0n) is 8.66. The summed E-state index contributed by atoms with van der Waals surface area (Å²) < 4.78 is 0. The summed E-state index contributed by atoms with van der Waals surface area (Å²) in [4.78, 5) is 10.9. The van der Waals surface area contributed by atoms with E-state index in [-0.39, 0.29) is 5.56 Å². The minimum Gasteiger partial charge on any atom is -0.478 e. The zero-order chi connectivity index (χ0) is 11.3. The smallest absolute Gasteiger partial charge is 0.336 e. The number of rotatable bonds is 4. The molecule has 1 N–H and O–H groups in total. The highest BCUT2D eigenvalue weighted by molar-refractivity contribution is 5.89. The summed E-state index contributed by atoms with van der Waals surface area (Å²) in [5.41, 5.74) is 1.46. The average molecular weight is 203 g/mol. The Labute approximate surface area is 89.0 Å². The molecule has 0 saturated heterocycles. The fourth-order valence-electron chi connectivity index (χ4n) is 1.43. The second-order valence-corrected chi connectivity index (χ2v) is 3.39. The number of nitriles is 1. The molecule has 0 amide bonds. The Morgan fingerprint density at radius 3 is 2.80 bits per heavy atom. The van der Waals surface area contributed by atoms with Crippen LogP contribution in [0.4, 0.5) is 0 Å². The molecule has 0 radical (unpaired) electrons. The lowest BCUT2D eigenvalue weighted by atomic mass is 10.00. The number of carboxylic acid groups (broad SMARTS) is 1. The first kappa shape index (κ1) is 11.3. The van der Waals surface area contributed by atoms with Crippen LogP contribution in [0.15, 0.2) is 18.2 Å². The number of unbranched alkanes of at least 4 members (excludes halogenated alkanes) is 1. The van der Waals surface area contributed by atoms with Gasteiger partial charge in [-0.1, -0.05) is 19.4 Å². The van der Waals surface area contributed by atoms with Crippen molar-refractivity contribution in [2.45, 2.75) is 26.2 Å². The van der Waals surface area contributed by atoms with E-state index in [0.29, 0.717) is 5.56 Å². The molecule has 0 aliphatic heterocycles. The van der Waals surface area contributed by atoms with Gasteiger partial charge in [0, 0.05) is 0 Å². The van der Waals surface area contributed by atoms with Gasteiger partial charge in [0.25, 0.3) is 0 Å². The summed E-state index contributed by atoms with van der Waals surface area (Å²) in [6.45, 7) is 2.06. The fraction of sp³-hybridized carbons (Fsp3) is 0.333. The Bertz CT molecular complexity index is 405. The first-order valence-electron chi connectivity index (χ1n) is 4.95. The number of hydrogen-bond acceptors (Lipinski definition) is 2. The van der Waals surface area contributed by atoms with E-state index in [9.17, 15) is 4.79 Å². The van der Waals surface area contributed by atoms with Crippen LogP contribution in [-0.2, 0) is 6.42 Å². The van der Waals surface area contributed by atoms with Crippen molar-refractivity contribution in [3.63, 3.8) is 0 Å². The highest BCUT2D eigenvalue weighted by Gasteiger charge is 2.10. The molecule has 3 heteroatoms. The summed E-state index contributed by atoms with van der Waals surface area (Å²) in [5.74, 6) is -0.960. The number of hydrogen-bond donors (Lipinski definition) is 1. The lowest BCUT2D eigenvalue weighted by molar-refractivity contribution is 0.0695. The van der Waals surface area contributed by atoms with Gasteiger partial charge in [0.1, 0.15) is 0 Å². The second-order valence-electron chi connectivity index (χ2n) is 3.39. The molecule has 78 valence electrons. The predicted molar refractivity (Wildman–Crippen MR) is 56.7 cm³/mol. The highest BCUT2D eigenvalue weighted by Crippen LogP contribution is 2.14. The van der Waals surface area contributed by atoms with Crippen LogP contribution in [0.25, 0.3) is 0 Å². The molecular formula is C12H13NO2. The molecule has 0 heterocycles. The van der Waals surface area contributed by atoms with E-state index in [4.69, 9.17) is 10.4 Å². The molecule has 0 atom stereocenters. The summed E-state index contributed by atoms with van der Waals surface area (Å²) >= 11 is 0. The third-order valence-electron chi connectivity index (χ3n) is 2.27. The Kier molecular flexibility index (Phi) is 3.87. The normalized spacial score (nSPS) is 9.60. The third-order valence-corrected chi connectivity index (χ3v) is 2.27. The SMILES string of the molecule is CCCCc1ccc(C#N)cc1C(=O)O. The Morgan fingerprint density at radius 1 is 1.53 bits per heavy atom. The molecule has 0 fully saturated rings. The van der Waals surface area contributed by atoms with Gasteiger partial charge in [-0.2, -0.15) is 5.26 Å². The maximum atomic E-state index is 10.9. The summed E-state index contributed by atoms with van der Waals surface area (Å²) in [6.07, 6.45) is 2.75. The summed E-state index contributed by atoms with van der Waals surface area (Å²) in [5, 5.41) is 17.6. The van der Waals surface area contributed by atoms with E-state index in [1.807, 2.05) is 6.07 Å². The number of benzene rings is 1. The van der Waals surface area contributed by atoms with Crippen LogP contribution in [0.1, 0.15) is 41.3 Å². The molecule has 1 aromatic rings. The molecule has 0 spiro atoms. The number of aromatic carboxylic acids is 1. The van der Waals surface area contributed by atoms with Gasteiger partial charge in [-0.05, 0) is 30.5 Å². The van der Waals surface area contributed by atoms with Gasteiger partial charge in [-0.3, -0.25) is 0 Å². The van der Waals surface area contributed by atoms with Crippen molar-refractivity contribution in [2.75, 3.05) is 0 Å². The molecule has 0 aromatic heterocycles. The molecule has 0 bridgehead atoms. The van der Waals surface area contributed by atoms with Gasteiger partial charge in [0.05, 0.1) is 17.2 Å². The van der Waals surface area contributed by atoms with Crippen molar-refractivity contribution in [3.05, 3.63) is 34.9 Å².